The maximum Gasteiger partial charge on any atom is 0.320 e. The van der Waals surface area contributed by atoms with E-state index < -0.39 is 11.9 Å². The smallest absolute Gasteiger partial charge is 0.320 e. The van der Waals surface area contributed by atoms with Gasteiger partial charge >= 0.3 is 12.0 Å². The number of carbonyl (C=O) groups is 2. The zero-order valence-electron chi connectivity index (χ0n) is 12.2. The van der Waals surface area contributed by atoms with Crippen molar-refractivity contribution >= 4 is 23.3 Å². The Morgan fingerprint density at radius 1 is 1.48 bits per heavy atom. The Hall–Kier alpha value is -1.56. The number of hydrogen-bond acceptors (Lipinski definition) is 3. The molecule has 2 bridgehead atoms. The molecule has 114 valence electrons. The van der Waals surface area contributed by atoms with Crippen LogP contribution in [0.3, 0.4) is 0 Å². The quantitative estimate of drug-likeness (QED) is 0.934. The van der Waals surface area contributed by atoms with Crippen LogP contribution in [-0.2, 0) is 4.79 Å². The highest BCUT2D eigenvalue weighted by atomic mass is 32.1. The highest BCUT2D eigenvalue weighted by Crippen LogP contribution is 2.43. The summed E-state index contributed by atoms with van der Waals surface area (Å²) in [5.41, 5.74) is 0. The average Bonchev–Trinajstić information content (AvgIpc) is 3.19. The van der Waals surface area contributed by atoms with Gasteiger partial charge in [0.1, 0.15) is 0 Å². The summed E-state index contributed by atoms with van der Waals surface area (Å²) >= 11 is 1.64. The molecular formula is C15H20N2O3S. The molecule has 2 fully saturated rings. The molecule has 5 nitrogen and oxygen atoms in total. The van der Waals surface area contributed by atoms with E-state index >= 15 is 0 Å². The predicted octanol–water partition coefficient (Wildman–Crippen LogP) is 2.80. The molecule has 6 heteroatoms. The Bertz CT molecular complexity index is 545. The molecule has 0 aromatic carbocycles. The van der Waals surface area contributed by atoms with E-state index in [9.17, 15) is 14.7 Å². The van der Waals surface area contributed by atoms with E-state index in [1.54, 1.807) is 23.3 Å². The average molecular weight is 308 g/mol. The van der Waals surface area contributed by atoms with Crippen molar-refractivity contribution in [3.8, 4) is 0 Å². The highest BCUT2D eigenvalue weighted by Gasteiger charge is 2.52. The van der Waals surface area contributed by atoms with Gasteiger partial charge in [0, 0.05) is 24.0 Å². The Morgan fingerprint density at radius 2 is 2.24 bits per heavy atom. The molecule has 1 N–H and O–H groups in total. The van der Waals surface area contributed by atoms with Gasteiger partial charge in [-0.1, -0.05) is 6.07 Å². The molecule has 2 amide bonds. The third kappa shape index (κ3) is 2.31. The van der Waals surface area contributed by atoms with Crippen LogP contribution in [0, 0.1) is 5.92 Å². The molecule has 0 radical (unpaired) electrons. The number of fused-ring (bicyclic) bond motifs is 2. The van der Waals surface area contributed by atoms with Crippen molar-refractivity contribution in [1.29, 1.82) is 0 Å². The molecule has 0 spiro atoms. The van der Waals surface area contributed by atoms with Crippen LogP contribution in [0.15, 0.2) is 17.5 Å². The standard InChI is InChI=1S/C15H20N2O3S/c1-9(13-4-3-7-21-13)16(2)15(20)17-10-5-6-12(17)11(8-10)14(18)19/h3-4,7,9-12H,5-6,8H2,1-2H3,(H,18,19). The SMILES string of the molecule is CC(c1cccs1)N(C)C(=O)N1C2CCC1C(C(=O)O)C2. The number of carboxylic acids is 1. The second kappa shape index (κ2) is 5.33. The summed E-state index contributed by atoms with van der Waals surface area (Å²) < 4.78 is 0. The van der Waals surface area contributed by atoms with E-state index in [1.165, 1.54) is 0 Å². The lowest BCUT2D eigenvalue weighted by Crippen LogP contribution is -2.45. The monoisotopic (exact) mass is 308 g/mol. The number of thiophene rings is 1. The van der Waals surface area contributed by atoms with Gasteiger partial charge in [-0.3, -0.25) is 4.79 Å². The van der Waals surface area contributed by atoms with Gasteiger partial charge in [0.05, 0.1) is 12.0 Å². The van der Waals surface area contributed by atoms with Gasteiger partial charge in [-0.15, -0.1) is 11.3 Å². The number of carbonyl (C=O) groups excluding carboxylic acids is 1. The van der Waals surface area contributed by atoms with Crippen LogP contribution in [-0.4, -0.2) is 46.0 Å². The van der Waals surface area contributed by atoms with Crippen LogP contribution in [0.25, 0.3) is 0 Å². The van der Waals surface area contributed by atoms with E-state index in [0.29, 0.717) is 6.42 Å². The van der Waals surface area contributed by atoms with Gasteiger partial charge in [0.2, 0.25) is 0 Å². The van der Waals surface area contributed by atoms with Crippen LogP contribution < -0.4 is 0 Å². The minimum Gasteiger partial charge on any atom is -0.481 e. The summed E-state index contributed by atoms with van der Waals surface area (Å²) in [7, 11) is 1.81. The number of nitrogens with zero attached hydrogens (tertiary/aromatic N) is 2. The lowest BCUT2D eigenvalue weighted by atomic mass is 9.89. The predicted molar refractivity (Wildman–Crippen MR) is 80.3 cm³/mol. The molecule has 2 aliphatic heterocycles. The molecule has 4 unspecified atom stereocenters. The van der Waals surface area contributed by atoms with Gasteiger partial charge in [0.15, 0.2) is 0 Å². The molecule has 0 saturated carbocycles. The largest absolute Gasteiger partial charge is 0.481 e. The fourth-order valence-electron chi connectivity index (χ4n) is 3.62. The second-order valence-corrected chi connectivity index (χ2v) is 6.95. The van der Waals surface area contributed by atoms with Crippen LogP contribution in [0.5, 0.6) is 0 Å². The second-order valence-electron chi connectivity index (χ2n) is 5.97. The summed E-state index contributed by atoms with van der Waals surface area (Å²) in [5.74, 6) is -1.16. The molecular weight excluding hydrogens is 288 g/mol. The number of aliphatic carboxylic acids is 1. The van der Waals surface area contributed by atoms with Gasteiger partial charge in [-0.05, 0) is 37.6 Å². The zero-order valence-corrected chi connectivity index (χ0v) is 13.0. The summed E-state index contributed by atoms with van der Waals surface area (Å²) in [4.78, 5) is 28.8. The molecule has 2 aliphatic rings. The van der Waals surface area contributed by atoms with Crippen molar-refractivity contribution in [3.63, 3.8) is 0 Å². The van der Waals surface area contributed by atoms with Crippen molar-refractivity contribution in [2.75, 3.05) is 7.05 Å². The minimum absolute atomic E-state index is 0.0146. The van der Waals surface area contributed by atoms with E-state index in [1.807, 2.05) is 29.3 Å². The molecule has 2 saturated heterocycles. The van der Waals surface area contributed by atoms with Crippen LogP contribution in [0.2, 0.25) is 0 Å². The van der Waals surface area contributed by atoms with E-state index in [0.717, 1.165) is 17.7 Å². The van der Waals surface area contributed by atoms with Gasteiger partial charge in [-0.2, -0.15) is 0 Å². The maximum atomic E-state index is 12.8. The molecule has 4 atom stereocenters. The van der Waals surface area contributed by atoms with Gasteiger partial charge in [0.25, 0.3) is 0 Å². The first kappa shape index (κ1) is 14.4. The Labute approximate surface area is 128 Å². The Kier molecular flexibility index (Phi) is 3.65. The Balaban J connectivity index is 1.75. The molecule has 21 heavy (non-hydrogen) atoms. The summed E-state index contributed by atoms with van der Waals surface area (Å²) in [6.45, 7) is 2.01. The summed E-state index contributed by atoms with van der Waals surface area (Å²) in [5, 5.41) is 11.3. The molecule has 1 aromatic heterocycles. The first-order valence-corrected chi connectivity index (χ1v) is 8.20. The lowest BCUT2D eigenvalue weighted by Gasteiger charge is -2.32. The zero-order chi connectivity index (χ0) is 15.1. The number of rotatable bonds is 3. The number of carboxylic acid groups (broad SMARTS) is 1. The highest BCUT2D eigenvalue weighted by molar-refractivity contribution is 7.10. The minimum atomic E-state index is -0.769. The van der Waals surface area contributed by atoms with Crippen LogP contribution in [0.1, 0.15) is 37.1 Å². The first-order valence-electron chi connectivity index (χ1n) is 7.32. The van der Waals surface area contributed by atoms with Crippen LogP contribution in [0.4, 0.5) is 4.79 Å². The first-order chi connectivity index (χ1) is 10.0. The Morgan fingerprint density at radius 3 is 2.81 bits per heavy atom. The van der Waals surface area contributed by atoms with Gasteiger partial charge in [-0.25, -0.2) is 4.79 Å². The molecule has 3 rings (SSSR count). The topological polar surface area (TPSA) is 60.9 Å². The number of amides is 2. The fraction of sp³-hybridized carbons (Fsp3) is 0.600. The van der Waals surface area contributed by atoms with Crippen molar-refractivity contribution in [2.24, 2.45) is 5.92 Å². The van der Waals surface area contributed by atoms with Crippen molar-refractivity contribution in [3.05, 3.63) is 22.4 Å². The number of hydrogen-bond donors (Lipinski definition) is 1. The van der Waals surface area contributed by atoms with Crippen molar-refractivity contribution in [2.45, 2.75) is 44.3 Å². The molecule has 1 aromatic rings. The molecule has 3 heterocycles. The van der Waals surface area contributed by atoms with E-state index in [4.69, 9.17) is 0 Å². The third-order valence-corrected chi connectivity index (χ3v) is 5.96. The van der Waals surface area contributed by atoms with Gasteiger partial charge < -0.3 is 14.9 Å². The van der Waals surface area contributed by atoms with E-state index in [2.05, 4.69) is 0 Å². The summed E-state index contributed by atoms with van der Waals surface area (Å²) in [6, 6.07) is 3.96. The van der Waals surface area contributed by atoms with Crippen LogP contribution >= 0.6 is 11.3 Å². The lowest BCUT2D eigenvalue weighted by molar-refractivity contribution is -0.142. The summed E-state index contributed by atoms with van der Waals surface area (Å²) in [6.07, 6.45) is 2.35. The van der Waals surface area contributed by atoms with Crippen molar-refractivity contribution < 1.29 is 14.7 Å². The number of urea groups is 1. The molecule has 0 aliphatic carbocycles. The maximum absolute atomic E-state index is 12.8. The van der Waals surface area contributed by atoms with E-state index in [-0.39, 0.29) is 24.2 Å². The third-order valence-electron chi connectivity index (χ3n) is 4.91. The fourth-order valence-corrected chi connectivity index (χ4v) is 4.45. The van der Waals surface area contributed by atoms with Crippen molar-refractivity contribution in [1.82, 2.24) is 9.80 Å². The normalized spacial score (nSPS) is 28.7.